The number of carbonyl (C=O) groups excluding carboxylic acids is 2. The van der Waals surface area contributed by atoms with Gasteiger partial charge in [-0.05, 0) is 37.8 Å². The number of hydrogen-bond acceptors (Lipinski definition) is 2. The van der Waals surface area contributed by atoms with Crippen molar-refractivity contribution in [3.05, 3.63) is 29.8 Å². The van der Waals surface area contributed by atoms with Crippen LogP contribution in [0.1, 0.15) is 47.1 Å². The number of piperazine rings is 1. The fraction of sp³-hybridized carbons (Fsp3) is 0.529. The van der Waals surface area contributed by atoms with Crippen LogP contribution in [0.25, 0.3) is 0 Å². The van der Waals surface area contributed by atoms with Crippen LogP contribution in [0.5, 0.6) is 0 Å². The van der Waals surface area contributed by atoms with Gasteiger partial charge in [0.2, 0.25) is 5.91 Å². The van der Waals surface area contributed by atoms with Crippen LogP contribution in [0.3, 0.4) is 0 Å². The normalized spacial score (nSPS) is 22.2. The summed E-state index contributed by atoms with van der Waals surface area (Å²) < 4.78 is 0. The van der Waals surface area contributed by atoms with Crippen molar-refractivity contribution in [2.45, 2.75) is 58.5 Å². The first-order valence-electron chi connectivity index (χ1n) is 7.31. The number of nitrogens with one attached hydrogen (secondary N) is 1. The minimum atomic E-state index is -0.880. The SMILES string of the molecule is CC1C(=O)NC(C)(C)C(=O)N1c1ccccc1C(C)(C)C. The van der Waals surface area contributed by atoms with E-state index in [9.17, 15) is 9.59 Å². The van der Waals surface area contributed by atoms with Gasteiger partial charge in [0.15, 0.2) is 0 Å². The van der Waals surface area contributed by atoms with Gasteiger partial charge in [-0.3, -0.25) is 14.5 Å². The fourth-order valence-corrected chi connectivity index (χ4v) is 2.70. The Labute approximate surface area is 126 Å². The Morgan fingerprint density at radius 2 is 1.71 bits per heavy atom. The lowest BCUT2D eigenvalue weighted by molar-refractivity contribution is -0.136. The summed E-state index contributed by atoms with van der Waals surface area (Å²) in [6.45, 7) is 11.6. The fourth-order valence-electron chi connectivity index (χ4n) is 2.70. The zero-order valence-corrected chi connectivity index (χ0v) is 13.7. The monoisotopic (exact) mass is 288 g/mol. The molecule has 2 amide bonds. The molecular formula is C17H24N2O2. The molecule has 1 heterocycles. The summed E-state index contributed by atoms with van der Waals surface area (Å²) in [6, 6.07) is 7.31. The number of para-hydroxylation sites is 1. The molecule has 1 aromatic carbocycles. The molecule has 0 bridgehead atoms. The molecule has 0 aliphatic carbocycles. The van der Waals surface area contributed by atoms with Crippen LogP contribution >= 0.6 is 0 Å². The Kier molecular flexibility index (Phi) is 3.60. The van der Waals surface area contributed by atoms with Gasteiger partial charge in [0.05, 0.1) is 0 Å². The summed E-state index contributed by atoms with van der Waals surface area (Å²) in [5, 5.41) is 2.78. The molecule has 1 aliphatic heterocycles. The molecule has 114 valence electrons. The number of amides is 2. The van der Waals surface area contributed by atoms with E-state index in [2.05, 4.69) is 26.1 Å². The Morgan fingerprint density at radius 3 is 2.29 bits per heavy atom. The molecule has 1 unspecified atom stereocenters. The van der Waals surface area contributed by atoms with Crippen molar-refractivity contribution in [2.75, 3.05) is 4.90 Å². The molecule has 1 aromatic rings. The van der Waals surface area contributed by atoms with Crippen LogP contribution in [-0.2, 0) is 15.0 Å². The van der Waals surface area contributed by atoms with Crippen molar-refractivity contribution in [3.8, 4) is 0 Å². The predicted molar refractivity (Wildman–Crippen MR) is 84.3 cm³/mol. The molecule has 0 spiro atoms. The Morgan fingerprint density at radius 1 is 1.14 bits per heavy atom. The van der Waals surface area contributed by atoms with E-state index in [-0.39, 0.29) is 17.2 Å². The lowest BCUT2D eigenvalue weighted by Crippen LogP contribution is -2.67. The summed E-state index contributed by atoms with van der Waals surface area (Å²) in [6.07, 6.45) is 0. The van der Waals surface area contributed by atoms with E-state index in [1.807, 2.05) is 24.3 Å². The molecule has 1 aliphatic rings. The highest BCUT2D eigenvalue weighted by Crippen LogP contribution is 2.35. The Hall–Kier alpha value is -1.84. The first kappa shape index (κ1) is 15.5. The van der Waals surface area contributed by atoms with Crippen LogP contribution in [0.15, 0.2) is 24.3 Å². The van der Waals surface area contributed by atoms with Crippen molar-refractivity contribution in [1.82, 2.24) is 5.32 Å². The molecular weight excluding hydrogens is 264 g/mol. The number of benzene rings is 1. The van der Waals surface area contributed by atoms with Crippen molar-refractivity contribution < 1.29 is 9.59 Å². The largest absolute Gasteiger partial charge is 0.340 e. The van der Waals surface area contributed by atoms with Crippen LogP contribution in [0, 0.1) is 0 Å². The van der Waals surface area contributed by atoms with Gasteiger partial charge in [0, 0.05) is 5.69 Å². The highest BCUT2D eigenvalue weighted by molar-refractivity contribution is 6.10. The third kappa shape index (κ3) is 2.67. The summed E-state index contributed by atoms with van der Waals surface area (Å²) in [7, 11) is 0. The van der Waals surface area contributed by atoms with Crippen molar-refractivity contribution >= 4 is 17.5 Å². The maximum absolute atomic E-state index is 12.8. The van der Waals surface area contributed by atoms with Gasteiger partial charge < -0.3 is 5.32 Å². The summed E-state index contributed by atoms with van der Waals surface area (Å²) in [5.41, 5.74) is 0.907. The van der Waals surface area contributed by atoms with Crippen LogP contribution < -0.4 is 10.2 Å². The van der Waals surface area contributed by atoms with Crippen molar-refractivity contribution in [2.24, 2.45) is 0 Å². The summed E-state index contributed by atoms with van der Waals surface area (Å²) in [5.74, 6) is -0.199. The molecule has 0 aromatic heterocycles. The van der Waals surface area contributed by atoms with Gasteiger partial charge in [0.25, 0.3) is 5.91 Å². The van der Waals surface area contributed by atoms with Crippen molar-refractivity contribution in [1.29, 1.82) is 0 Å². The smallest absolute Gasteiger partial charge is 0.252 e. The van der Waals surface area contributed by atoms with E-state index >= 15 is 0 Å². The molecule has 1 saturated heterocycles. The third-order valence-electron chi connectivity index (χ3n) is 3.93. The number of carbonyl (C=O) groups is 2. The second kappa shape index (κ2) is 4.86. The van der Waals surface area contributed by atoms with E-state index < -0.39 is 11.6 Å². The van der Waals surface area contributed by atoms with Crippen LogP contribution in [-0.4, -0.2) is 23.4 Å². The maximum Gasteiger partial charge on any atom is 0.252 e. The topological polar surface area (TPSA) is 49.4 Å². The Balaban J connectivity index is 2.59. The minimum absolute atomic E-state index is 0.0775. The molecule has 2 rings (SSSR count). The molecule has 1 N–H and O–H groups in total. The Bertz CT molecular complexity index is 585. The van der Waals surface area contributed by atoms with Crippen molar-refractivity contribution in [3.63, 3.8) is 0 Å². The van der Waals surface area contributed by atoms with Gasteiger partial charge in [-0.25, -0.2) is 0 Å². The van der Waals surface area contributed by atoms with E-state index in [0.29, 0.717) is 0 Å². The maximum atomic E-state index is 12.8. The highest BCUT2D eigenvalue weighted by Gasteiger charge is 2.45. The average molecular weight is 288 g/mol. The standard InChI is InChI=1S/C17H24N2O2/c1-11-14(20)18-17(5,6)15(21)19(11)13-10-8-7-9-12(13)16(2,3)4/h7-11H,1-6H3,(H,18,20). The lowest BCUT2D eigenvalue weighted by atomic mass is 9.84. The second-order valence-corrected chi connectivity index (χ2v) is 7.23. The third-order valence-corrected chi connectivity index (χ3v) is 3.93. The van der Waals surface area contributed by atoms with E-state index in [0.717, 1.165) is 11.3 Å². The highest BCUT2D eigenvalue weighted by atomic mass is 16.2. The van der Waals surface area contributed by atoms with Gasteiger partial charge in [-0.15, -0.1) is 0 Å². The van der Waals surface area contributed by atoms with E-state index in [4.69, 9.17) is 0 Å². The zero-order valence-electron chi connectivity index (χ0n) is 13.7. The summed E-state index contributed by atoms with van der Waals surface area (Å²) in [4.78, 5) is 26.6. The van der Waals surface area contributed by atoms with Gasteiger partial charge in [-0.2, -0.15) is 0 Å². The quantitative estimate of drug-likeness (QED) is 0.863. The number of nitrogens with zero attached hydrogens (tertiary/aromatic N) is 1. The zero-order chi connectivity index (χ0) is 16.0. The van der Waals surface area contributed by atoms with Gasteiger partial charge in [-0.1, -0.05) is 39.0 Å². The molecule has 4 nitrogen and oxygen atoms in total. The first-order valence-corrected chi connectivity index (χ1v) is 7.31. The minimum Gasteiger partial charge on any atom is -0.340 e. The second-order valence-electron chi connectivity index (χ2n) is 7.23. The molecule has 0 radical (unpaired) electrons. The molecule has 21 heavy (non-hydrogen) atoms. The number of hydrogen-bond donors (Lipinski definition) is 1. The van der Waals surface area contributed by atoms with Gasteiger partial charge >= 0.3 is 0 Å². The lowest BCUT2D eigenvalue weighted by Gasteiger charge is -2.43. The van der Waals surface area contributed by atoms with E-state index in [1.165, 1.54) is 0 Å². The number of rotatable bonds is 1. The average Bonchev–Trinajstić information content (AvgIpc) is 2.36. The first-order chi connectivity index (χ1) is 9.55. The van der Waals surface area contributed by atoms with Crippen LogP contribution in [0.4, 0.5) is 5.69 Å². The molecule has 1 fully saturated rings. The van der Waals surface area contributed by atoms with Crippen LogP contribution in [0.2, 0.25) is 0 Å². The summed E-state index contributed by atoms with van der Waals surface area (Å²) >= 11 is 0. The molecule has 4 heteroatoms. The number of anilines is 1. The van der Waals surface area contributed by atoms with Gasteiger partial charge in [0.1, 0.15) is 11.6 Å². The molecule has 0 saturated carbocycles. The van der Waals surface area contributed by atoms with E-state index in [1.54, 1.807) is 25.7 Å². The predicted octanol–water partition coefficient (Wildman–Crippen LogP) is 2.61. The molecule has 1 atom stereocenters.